The predicted octanol–water partition coefficient (Wildman–Crippen LogP) is 22.6. The lowest BCUT2D eigenvalue weighted by Crippen LogP contribution is -2.34. The Balaban J connectivity index is 1.12. The van der Waals surface area contributed by atoms with E-state index >= 15 is 0 Å². The Bertz CT molecular complexity index is 5120. The number of para-hydroxylation sites is 2. The standard InChI is InChI=1S/C76H69N3OS/c1-73(2,3)50-32-36-64-60(42-50)61-43-51(74(4,5)6)33-37-65(61)79(64)54-27-21-26-53(44-54)77(52-24-15-12-16-25-52)56-40-49(48-22-13-11-14-23-48)41-57(45-56)78(55-34-35-62-63(46-55)76(9,10)39-38-75(62,7)8)66-47-68-70(58-28-17-19-30-67(58)80-68)71-59-29-18-20-31-69(59)81-72(66)71/h11-37,40-47H,38-39H2,1-10H3/i11D,12D,13D,14D,15D,16D,22D,23D,24D,25D. The lowest BCUT2D eigenvalue weighted by atomic mass is 9.63. The molecule has 0 bridgehead atoms. The van der Waals surface area contributed by atoms with Gasteiger partial charge in [0.2, 0.25) is 0 Å². The highest BCUT2D eigenvalue weighted by molar-refractivity contribution is 7.26. The molecule has 5 heteroatoms. The van der Waals surface area contributed by atoms with Crippen molar-refractivity contribution in [1.29, 1.82) is 0 Å². The maximum Gasteiger partial charge on any atom is 0.138 e. The third-order valence-electron chi connectivity index (χ3n) is 17.1. The quantitative estimate of drug-likeness (QED) is 0.152. The first-order chi connectivity index (χ1) is 43.0. The zero-order valence-corrected chi connectivity index (χ0v) is 48.3. The molecular formula is C76H69N3OS. The van der Waals surface area contributed by atoms with Gasteiger partial charge in [-0.1, -0.05) is 178 Å². The minimum Gasteiger partial charge on any atom is -0.456 e. The summed E-state index contributed by atoms with van der Waals surface area (Å²) in [7, 11) is 0. The van der Waals surface area contributed by atoms with E-state index in [1.54, 1.807) is 22.3 Å². The van der Waals surface area contributed by atoms with Crippen LogP contribution in [0.3, 0.4) is 0 Å². The molecule has 0 amide bonds. The molecule has 0 saturated carbocycles. The molecule has 4 nitrogen and oxygen atoms in total. The van der Waals surface area contributed by atoms with Crippen LogP contribution in [0.25, 0.3) is 80.7 Å². The van der Waals surface area contributed by atoms with E-state index in [4.69, 9.17) is 9.90 Å². The Hall–Kier alpha value is -8.38. The van der Waals surface area contributed by atoms with E-state index in [1.807, 2.05) is 66.7 Å². The summed E-state index contributed by atoms with van der Waals surface area (Å²) in [5, 5.41) is 6.11. The summed E-state index contributed by atoms with van der Waals surface area (Å²) in [5.41, 5.74) is 10.8. The van der Waals surface area contributed by atoms with Crippen LogP contribution in [0, 0.1) is 0 Å². The summed E-state index contributed by atoms with van der Waals surface area (Å²) in [6.45, 7) is 22.4. The molecule has 0 spiro atoms. The molecule has 13 aromatic rings. The third kappa shape index (κ3) is 8.54. The van der Waals surface area contributed by atoms with Gasteiger partial charge in [-0.3, -0.25) is 0 Å². The lowest BCUT2D eigenvalue weighted by molar-refractivity contribution is 0.332. The summed E-state index contributed by atoms with van der Waals surface area (Å²) >= 11 is 1.65. The number of benzene rings is 10. The number of aromatic nitrogens is 1. The molecule has 81 heavy (non-hydrogen) atoms. The molecule has 3 heterocycles. The molecule has 0 unspecified atom stereocenters. The SMILES string of the molecule is [2H]c1c([2H])c([2H])c(-c2cc(N(c3cccc(-n4c5ccc(C(C)(C)C)cc5c5cc(C(C)(C)C)ccc54)c3)c3c([2H])c([2H])c([2H])c([2H])c3[2H])cc(N(c3ccc4c(c3)C(C)(C)CCC4(C)C)c3cc4oc5ccccc5c4c4c3sc3ccccc34)c2)c([2H])c1[2H]. The van der Waals surface area contributed by atoms with Crippen molar-refractivity contribution in [2.75, 3.05) is 9.80 Å². The zero-order chi connectivity index (χ0) is 64.4. The van der Waals surface area contributed by atoms with Gasteiger partial charge in [-0.2, -0.15) is 0 Å². The van der Waals surface area contributed by atoms with E-state index in [1.165, 1.54) is 22.3 Å². The van der Waals surface area contributed by atoms with Gasteiger partial charge in [0.15, 0.2) is 0 Å². The number of furan rings is 1. The lowest BCUT2D eigenvalue weighted by Gasteiger charge is -2.42. The van der Waals surface area contributed by atoms with Crippen LogP contribution in [0.2, 0.25) is 0 Å². The van der Waals surface area contributed by atoms with Gasteiger partial charge in [0.05, 0.1) is 35.1 Å². The van der Waals surface area contributed by atoms with Crippen molar-refractivity contribution in [2.24, 2.45) is 0 Å². The second kappa shape index (κ2) is 18.6. The highest BCUT2D eigenvalue weighted by Crippen LogP contribution is 2.54. The van der Waals surface area contributed by atoms with Crippen LogP contribution in [-0.2, 0) is 21.7 Å². The number of hydrogen-bond acceptors (Lipinski definition) is 4. The van der Waals surface area contributed by atoms with Crippen LogP contribution in [0.1, 0.15) is 118 Å². The minimum atomic E-state index is -0.562. The molecular weight excluding hydrogens is 1000 g/mol. The van der Waals surface area contributed by atoms with Gasteiger partial charge in [0.25, 0.3) is 0 Å². The number of thiophene rings is 1. The fraction of sp³-hybridized carbons (Fsp3) is 0.211. The van der Waals surface area contributed by atoms with Crippen LogP contribution < -0.4 is 9.80 Å². The van der Waals surface area contributed by atoms with E-state index in [0.29, 0.717) is 17.0 Å². The number of nitrogens with zero attached hydrogens (tertiary/aromatic N) is 3. The first kappa shape index (κ1) is 40.7. The van der Waals surface area contributed by atoms with E-state index in [-0.39, 0.29) is 44.2 Å². The van der Waals surface area contributed by atoms with Gasteiger partial charge in [-0.25, -0.2) is 0 Å². The first-order valence-corrected chi connectivity index (χ1v) is 28.9. The van der Waals surface area contributed by atoms with Crippen LogP contribution in [0.4, 0.5) is 34.1 Å². The van der Waals surface area contributed by atoms with Gasteiger partial charge in [0, 0.05) is 77.2 Å². The summed E-state index contributed by atoms with van der Waals surface area (Å²) in [6, 6.07) is 46.5. The van der Waals surface area contributed by atoms with Gasteiger partial charge in [-0.05, 0) is 165 Å². The topological polar surface area (TPSA) is 24.6 Å². The Kier molecular flexibility index (Phi) is 9.35. The summed E-state index contributed by atoms with van der Waals surface area (Å²) in [4.78, 5) is 3.83. The number of fused-ring (bicyclic) bond motifs is 11. The van der Waals surface area contributed by atoms with Crippen LogP contribution in [0.15, 0.2) is 217 Å². The van der Waals surface area contributed by atoms with E-state index < -0.39 is 60.4 Å². The highest BCUT2D eigenvalue weighted by atomic mass is 32.1. The molecule has 14 rings (SSSR count). The maximum atomic E-state index is 9.84. The molecule has 1 aliphatic carbocycles. The van der Waals surface area contributed by atoms with Crippen molar-refractivity contribution in [1.82, 2.24) is 4.57 Å². The van der Waals surface area contributed by atoms with Gasteiger partial charge in [0.1, 0.15) is 11.2 Å². The van der Waals surface area contributed by atoms with E-state index in [9.17, 15) is 8.22 Å². The smallest absolute Gasteiger partial charge is 0.138 e. The molecule has 400 valence electrons. The fourth-order valence-electron chi connectivity index (χ4n) is 12.6. The first-order valence-electron chi connectivity index (χ1n) is 33.0. The number of hydrogen-bond donors (Lipinski definition) is 0. The Morgan fingerprint density at radius 3 is 1.75 bits per heavy atom. The second-order valence-corrected chi connectivity index (χ2v) is 26.4. The minimum absolute atomic E-state index is 0.0774. The van der Waals surface area contributed by atoms with Gasteiger partial charge >= 0.3 is 0 Å². The normalized spacial score (nSPS) is 16.1. The third-order valence-corrected chi connectivity index (χ3v) is 18.3. The second-order valence-electron chi connectivity index (χ2n) is 25.4. The largest absolute Gasteiger partial charge is 0.456 e. The monoisotopic (exact) mass is 1080 g/mol. The van der Waals surface area contributed by atoms with Crippen LogP contribution >= 0.6 is 11.3 Å². The summed E-state index contributed by atoms with van der Waals surface area (Å²) in [5.74, 6) is 0. The van der Waals surface area contributed by atoms with E-state index in [2.05, 4.69) is 158 Å². The molecule has 0 radical (unpaired) electrons. The molecule has 1 aliphatic rings. The molecule has 0 fully saturated rings. The maximum absolute atomic E-state index is 9.84. The summed E-state index contributed by atoms with van der Waals surface area (Å²) < 4.78 is 104. The van der Waals surface area contributed by atoms with Gasteiger partial charge < -0.3 is 18.8 Å². The van der Waals surface area contributed by atoms with Crippen molar-refractivity contribution in [3.8, 4) is 16.8 Å². The summed E-state index contributed by atoms with van der Waals surface area (Å²) in [6.07, 6.45) is 1.93. The molecule has 10 aromatic carbocycles. The van der Waals surface area contributed by atoms with Crippen molar-refractivity contribution < 1.29 is 18.1 Å². The number of anilines is 6. The predicted molar refractivity (Wildman–Crippen MR) is 348 cm³/mol. The van der Waals surface area contributed by atoms with Crippen LogP contribution in [-0.4, -0.2) is 4.57 Å². The Morgan fingerprint density at radius 1 is 0.469 bits per heavy atom. The van der Waals surface area contributed by atoms with Crippen molar-refractivity contribution >= 4 is 109 Å². The Labute approximate surface area is 494 Å². The fourth-order valence-corrected chi connectivity index (χ4v) is 13.8. The molecule has 0 saturated heterocycles. The zero-order valence-electron chi connectivity index (χ0n) is 57.5. The highest BCUT2D eigenvalue weighted by Gasteiger charge is 2.38. The van der Waals surface area contributed by atoms with Gasteiger partial charge in [-0.15, -0.1) is 11.3 Å². The average molecular weight is 1080 g/mol. The average Bonchev–Trinajstić information content (AvgIpc) is 1.66. The molecule has 0 aliphatic heterocycles. The van der Waals surface area contributed by atoms with Crippen LogP contribution in [0.5, 0.6) is 0 Å². The molecule has 0 N–H and O–H groups in total. The van der Waals surface area contributed by atoms with Crippen molar-refractivity contribution in [3.05, 3.63) is 234 Å². The van der Waals surface area contributed by atoms with Crippen molar-refractivity contribution in [2.45, 2.75) is 104 Å². The molecule has 3 aromatic heterocycles. The van der Waals surface area contributed by atoms with Crippen molar-refractivity contribution in [3.63, 3.8) is 0 Å². The number of rotatable bonds is 8. The molecule has 0 atom stereocenters. The van der Waals surface area contributed by atoms with E-state index in [0.717, 1.165) is 88.2 Å². The Morgan fingerprint density at radius 2 is 1.07 bits per heavy atom.